The number of benzene rings is 1. The van der Waals surface area contributed by atoms with Crippen molar-refractivity contribution in [1.29, 1.82) is 0 Å². The van der Waals surface area contributed by atoms with Crippen molar-refractivity contribution < 1.29 is 9.59 Å². The maximum atomic E-state index is 11.7. The van der Waals surface area contributed by atoms with Crippen molar-refractivity contribution in [3.8, 4) is 0 Å². The van der Waals surface area contributed by atoms with E-state index >= 15 is 0 Å². The second-order valence-electron chi connectivity index (χ2n) is 5.83. The number of amides is 2. The van der Waals surface area contributed by atoms with E-state index in [0.717, 1.165) is 30.7 Å². The van der Waals surface area contributed by atoms with Gasteiger partial charge in [0.05, 0.1) is 0 Å². The molecule has 118 valence electrons. The van der Waals surface area contributed by atoms with E-state index in [1.165, 1.54) is 6.42 Å². The molecule has 2 amide bonds. The predicted molar refractivity (Wildman–Crippen MR) is 87.5 cm³/mol. The Hall–Kier alpha value is -2.17. The topological polar surface area (TPSA) is 70.6 Å². The van der Waals surface area contributed by atoms with Gasteiger partial charge in [-0.05, 0) is 43.7 Å². The second-order valence-corrected chi connectivity index (χ2v) is 5.83. The third kappa shape index (κ3) is 5.68. The summed E-state index contributed by atoms with van der Waals surface area (Å²) < 4.78 is 0. The molecule has 2 rings (SSSR count). The van der Waals surface area contributed by atoms with Gasteiger partial charge in [0.1, 0.15) is 0 Å². The number of nitrogens with zero attached hydrogens (tertiary/aromatic N) is 1. The lowest BCUT2D eigenvalue weighted by Gasteiger charge is -2.18. The van der Waals surface area contributed by atoms with Crippen LogP contribution in [0.3, 0.4) is 0 Å². The van der Waals surface area contributed by atoms with E-state index in [9.17, 15) is 9.59 Å². The van der Waals surface area contributed by atoms with Gasteiger partial charge >= 0.3 is 0 Å². The van der Waals surface area contributed by atoms with E-state index in [0.29, 0.717) is 5.92 Å². The summed E-state index contributed by atoms with van der Waals surface area (Å²) in [6, 6.07) is 9.21. The number of carbonyl (C=O) groups is 2. The van der Waals surface area contributed by atoms with Gasteiger partial charge in [-0.1, -0.05) is 25.1 Å². The lowest BCUT2D eigenvalue weighted by atomic mass is 9.89. The number of hydrogen-bond acceptors (Lipinski definition) is 3. The molecule has 1 aliphatic rings. The molecule has 22 heavy (non-hydrogen) atoms. The molecule has 0 bridgehead atoms. The Morgan fingerprint density at radius 1 is 1.18 bits per heavy atom. The highest BCUT2D eigenvalue weighted by Crippen LogP contribution is 2.20. The Bertz CT molecular complexity index is 540. The van der Waals surface area contributed by atoms with E-state index in [2.05, 4.69) is 22.8 Å². The molecule has 5 heteroatoms. The lowest BCUT2D eigenvalue weighted by molar-refractivity contribution is -0.124. The fourth-order valence-corrected chi connectivity index (χ4v) is 2.53. The van der Waals surface area contributed by atoms with Crippen molar-refractivity contribution in [1.82, 2.24) is 5.43 Å². The Kier molecular flexibility index (Phi) is 6.13. The summed E-state index contributed by atoms with van der Waals surface area (Å²) in [7, 11) is 0. The van der Waals surface area contributed by atoms with Crippen LogP contribution in [-0.2, 0) is 9.59 Å². The van der Waals surface area contributed by atoms with Gasteiger partial charge in [-0.15, -0.1) is 0 Å². The number of rotatable bonds is 5. The molecule has 1 aromatic carbocycles. The van der Waals surface area contributed by atoms with Gasteiger partial charge in [0.15, 0.2) is 0 Å². The Balaban J connectivity index is 1.69. The zero-order valence-corrected chi connectivity index (χ0v) is 13.0. The van der Waals surface area contributed by atoms with Crippen LogP contribution in [-0.4, -0.2) is 17.5 Å². The predicted octanol–water partition coefficient (Wildman–Crippen LogP) is 3.09. The minimum Gasteiger partial charge on any atom is -0.326 e. The van der Waals surface area contributed by atoms with Gasteiger partial charge in [0, 0.05) is 24.2 Å². The van der Waals surface area contributed by atoms with E-state index in [1.54, 1.807) is 0 Å². The third-order valence-corrected chi connectivity index (χ3v) is 3.72. The Labute approximate surface area is 131 Å². The fraction of sp³-hybridized carbons (Fsp3) is 0.471. The average molecular weight is 301 g/mol. The van der Waals surface area contributed by atoms with Crippen LogP contribution in [0.15, 0.2) is 35.4 Å². The van der Waals surface area contributed by atoms with Crippen LogP contribution in [0.4, 0.5) is 5.69 Å². The number of para-hydroxylation sites is 1. The highest BCUT2D eigenvalue weighted by Gasteiger charge is 2.14. The van der Waals surface area contributed by atoms with Crippen LogP contribution >= 0.6 is 0 Å². The first-order chi connectivity index (χ1) is 10.6. The number of hydrogen-bond donors (Lipinski definition) is 2. The van der Waals surface area contributed by atoms with Crippen molar-refractivity contribution in [2.24, 2.45) is 11.0 Å². The van der Waals surface area contributed by atoms with Gasteiger partial charge in [-0.25, -0.2) is 5.43 Å². The van der Waals surface area contributed by atoms with Gasteiger partial charge in [0.25, 0.3) is 0 Å². The van der Waals surface area contributed by atoms with Crippen molar-refractivity contribution in [2.45, 2.75) is 45.4 Å². The molecule has 1 atom stereocenters. The van der Waals surface area contributed by atoms with Gasteiger partial charge in [-0.2, -0.15) is 5.10 Å². The summed E-state index contributed by atoms with van der Waals surface area (Å²) in [5.41, 5.74) is 4.36. The standard InChI is InChI=1S/C17H23N3O2/c1-13-6-5-9-15(12-13)19-20-17(22)11-10-16(21)18-14-7-3-2-4-8-14/h2-4,7-8,13H,5-6,9-12H2,1H3,(H,18,21)(H,20,22)/t13-/m0/s1. The molecule has 0 aliphatic heterocycles. The maximum Gasteiger partial charge on any atom is 0.240 e. The van der Waals surface area contributed by atoms with Crippen molar-refractivity contribution >= 4 is 23.2 Å². The van der Waals surface area contributed by atoms with Crippen LogP contribution in [0.25, 0.3) is 0 Å². The lowest BCUT2D eigenvalue weighted by Crippen LogP contribution is -2.23. The average Bonchev–Trinajstić information content (AvgIpc) is 2.52. The first kappa shape index (κ1) is 16.2. The zero-order chi connectivity index (χ0) is 15.8. The number of carbonyl (C=O) groups excluding carboxylic acids is 2. The highest BCUT2D eigenvalue weighted by atomic mass is 16.2. The van der Waals surface area contributed by atoms with Gasteiger partial charge in [-0.3, -0.25) is 9.59 Å². The molecule has 5 nitrogen and oxygen atoms in total. The van der Waals surface area contributed by atoms with Crippen LogP contribution in [0.1, 0.15) is 45.4 Å². The molecular weight excluding hydrogens is 278 g/mol. The summed E-state index contributed by atoms with van der Waals surface area (Å²) in [4.78, 5) is 23.5. The third-order valence-electron chi connectivity index (χ3n) is 3.72. The normalized spacial score (nSPS) is 19.7. The van der Waals surface area contributed by atoms with E-state index in [4.69, 9.17) is 0 Å². The second kappa shape index (κ2) is 8.32. The van der Waals surface area contributed by atoms with Crippen molar-refractivity contribution in [3.05, 3.63) is 30.3 Å². The van der Waals surface area contributed by atoms with Crippen molar-refractivity contribution in [2.75, 3.05) is 5.32 Å². The fourth-order valence-electron chi connectivity index (χ4n) is 2.53. The van der Waals surface area contributed by atoms with Crippen LogP contribution in [0, 0.1) is 5.92 Å². The SMILES string of the molecule is C[C@H]1CCCC(=NNC(=O)CCC(=O)Nc2ccccc2)C1. The molecule has 0 radical (unpaired) electrons. The molecule has 0 spiro atoms. The van der Waals surface area contributed by atoms with Gasteiger partial charge < -0.3 is 5.32 Å². The highest BCUT2D eigenvalue weighted by molar-refractivity contribution is 5.93. The first-order valence-electron chi connectivity index (χ1n) is 7.82. The minimum absolute atomic E-state index is 0.144. The van der Waals surface area contributed by atoms with E-state index in [-0.39, 0.29) is 24.7 Å². The Morgan fingerprint density at radius 3 is 2.64 bits per heavy atom. The Morgan fingerprint density at radius 2 is 1.91 bits per heavy atom. The van der Waals surface area contributed by atoms with Crippen LogP contribution in [0.5, 0.6) is 0 Å². The molecule has 0 unspecified atom stereocenters. The first-order valence-corrected chi connectivity index (χ1v) is 7.82. The molecule has 1 saturated carbocycles. The van der Waals surface area contributed by atoms with Crippen LogP contribution < -0.4 is 10.7 Å². The number of hydrazone groups is 1. The summed E-state index contributed by atoms with van der Waals surface area (Å²) >= 11 is 0. The summed E-state index contributed by atoms with van der Waals surface area (Å²) in [5, 5.41) is 6.93. The molecule has 2 N–H and O–H groups in total. The summed E-state index contributed by atoms with van der Waals surface area (Å²) in [6.07, 6.45) is 4.57. The van der Waals surface area contributed by atoms with Crippen LogP contribution in [0.2, 0.25) is 0 Å². The van der Waals surface area contributed by atoms with E-state index in [1.807, 2.05) is 30.3 Å². The smallest absolute Gasteiger partial charge is 0.240 e. The summed E-state index contributed by atoms with van der Waals surface area (Å²) in [5.74, 6) is 0.260. The van der Waals surface area contributed by atoms with Gasteiger partial charge in [0.2, 0.25) is 11.8 Å². The molecular formula is C17H23N3O2. The monoisotopic (exact) mass is 301 g/mol. The quantitative estimate of drug-likeness (QED) is 0.820. The summed E-state index contributed by atoms with van der Waals surface area (Å²) in [6.45, 7) is 2.20. The van der Waals surface area contributed by atoms with E-state index < -0.39 is 0 Å². The van der Waals surface area contributed by atoms with Crippen molar-refractivity contribution in [3.63, 3.8) is 0 Å². The largest absolute Gasteiger partial charge is 0.326 e. The molecule has 0 aromatic heterocycles. The number of anilines is 1. The maximum absolute atomic E-state index is 11.7. The number of nitrogens with one attached hydrogen (secondary N) is 2. The minimum atomic E-state index is -0.214. The molecule has 0 heterocycles. The molecule has 1 aliphatic carbocycles. The molecule has 0 saturated heterocycles. The molecule has 1 fully saturated rings. The molecule has 1 aromatic rings. The zero-order valence-electron chi connectivity index (χ0n) is 13.0.